The summed E-state index contributed by atoms with van der Waals surface area (Å²) in [5.41, 5.74) is 1.35. The summed E-state index contributed by atoms with van der Waals surface area (Å²) in [6.45, 7) is 4.17. The summed E-state index contributed by atoms with van der Waals surface area (Å²) in [5, 5.41) is 13.0. The fourth-order valence-electron chi connectivity index (χ4n) is 2.15. The summed E-state index contributed by atoms with van der Waals surface area (Å²) in [6.07, 6.45) is 0. The fourth-order valence-corrected chi connectivity index (χ4v) is 2.75. The highest BCUT2D eigenvalue weighted by molar-refractivity contribution is 7.09. The Hall–Kier alpha value is -1.79. The van der Waals surface area contributed by atoms with Crippen LogP contribution >= 0.6 is 11.3 Å². The van der Waals surface area contributed by atoms with Crippen LogP contribution < -0.4 is 0 Å². The van der Waals surface area contributed by atoms with Crippen LogP contribution in [0.15, 0.2) is 17.5 Å². The van der Waals surface area contributed by atoms with E-state index in [4.69, 9.17) is 0 Å². The fraction of sp³-hybridized carbons (Fsp3) is 0.333. The number of Topliss-reactive ketones (excluding diaryl/α,β-unsaturated/α-hetero) is 1. The van der Waals surface area contributed by atoms with Crippen molar-refractivity contribution < 1.29 is 14.3 Å². The SMILES string of the molecule is CC(=O)c1cc(F)cc(CN(C)Cc2csc(C)n2)c1O. The van der Waals surface area contributed by atoms with Crippen molar-refractivity contribution >= 4 is 17.1 Å². The van der Waals surface area contributed by atoms with Crippen LogP contribution in [0.3, 0.4) is 0 Å². The van der Waals surface area contributed by atoms with E-state index < -0.39 is 5.82 Å². The third-order valence-electron chi connectivity index (χ3n) is 3.07. The lowest BCUT2D eigenvalue weighted by Crippen LogP contribution is -2.18. The number of hydrogen-bond acceptors (Lipinski definition) is 5. The molecule has 2 aromatic rings. The summed E-state index contributed by atoms with van der Waals surface area (Å²) in [5.74, 6) is -1.03. The molecular formula is C15H17FN2O2S. The lowest BCUT2D eigenvalue weighted by Gasteiger charge is -2.17. The highest BCUT2D eigenvalue weighted by Gasteiger charge is 2.15. The smallest absolute Gasteiger partial charge is 0.163 e. The molecule has 4 nitrogen and oxygen atoms in total. The molecular weight excluding hydrogens is 291 g/mol. The number of nitrogens with zero attached hydrogens (tertiary/aromatic N) is 2. The van der Waals surface area contributed by atoms with Crippen LogP contribution in [-0.4, -0.2) is 27.8 Å². The second-order valence-electron chi connectivity index (χ2n) is 5.05. The van der Waals surface area contributed by atoms with Gasteiger partial charge in [0.25, 0.3) is 0 Å². The Labute approximate surface area is 126 Å². The van der Waals surface area contributed by atoms with Gasteiger partial charge in [-0.05, 0) is 33.0 Å². The Balaban J connectivity index is 2.17. The number of rotatable bonds is 5. The molecule has 1 aromatic carbocycles. The van der Waals surface area contributed by atoms with Crippen molar-refractivity contribution in [3.8, 4) is 5.75 Å². The van der Waals surface area contributed by atoms with Crippen LogP contribution in [0.5, 0.6) is 5.75 Å². The standard InChI is InChI=1S/C15H17FN2O2S/c1-9(19)14-5-12(16)4-11(15(14)20)6-18(3)7-13-8-21-10(2)17-13/h4-5,8,20H,6-7H2,1-3H3. The number of halogens is 1. The predicted molar refractivity (Wildman–Crippen MR) is 80.1 cm³/mol. The molecule has 0 aliphatic rings. The van der Waals surface area contributed by atoms with E-state index in [1.54, 1.807) is 11.3 Å². The van der Waals surface area contributed by atoms with Gasteiger partial charge in [-0.3, -0.25) is 9.69 Å². The van der Waals surface area contributed by atoms with Crippen LogP contribution in [0.4, 0.5) is 4.39 Å². The Morgan fingerprint density at radius 1 is 1.43 bits per heavy atom. The topological polar surface area (TPSA) is 53.4 Å². The van der Waals surface area contributed by atoms with E-state index in [1.807, 2.05) is 24.3 Å². The molecule has 112 valence electrons. The molecule has 6 heteroatoms. The average molecular weight is 308 g/mol. The minimum Gasteiger partial charge on any atom is -0.507 e. The van der Waals surface area contributed by atoms with E-state index in [0.29, 0.717) is 18.7 Å². The summed E-state index contributed by atoms with van der Waals surface area (Å²) >= 11 is 1.57. The summed E-state index contributed by atoms with van der Waals surface area (Å²) in [4.78, 5) is 17.7. The van der Waals surface area contributed by atoms with E-state index in [1.165, 1.54) is 13.0 Å². The van der Waals surface area contributed by atoms with Gasteiger partial charge in [0, 0.05) is 24.0 Å². The Kier molecular flexibility index (Phi) is 4.69. The third kappa shape index (κ3) is 3.86. The van der Waals surface area contributed by atoms with Gasteiger partial charge in [0.05, 0.1) is 16.3 Å². The molecule has 0 fully saturated rings. The number of phenolic OH excluding ortho intramolecular Hbond substituents is 1. The molecule has 0 aliphatic carbocycles. The number of phenols is 1. The molecule has 2 rings (SSSR count). The van der Waals surface area contributed by atoms with E-state index in [9.17, 15) is 14.3 Å². The van der Waals surface area contributed by atoms with Gasteiger partial charge in [-0.1, -0.05) is 0 Å². The van der Waals surface area contributed by atoms with Crippen molar-refractivity contribution in [2.45, 2.75) is 26.9 Å². The molecule has 1 N–H and O–H groups in total. The van der Waals surface area contributed by atoms with Crippen molar-refractivity contribution in [3.63, 3.8) is 0 Å². The summed E-state index contributed by atoms with van der Waals surface area (Å²) in [7, 11) is 1.85. The van der Waals surface area contributed by atoms with Crippen LogP contribution in [0, 0.1) is 12.7 Å². The minimum absolute atomic E-state index is 0.0166. The first-order valence-electron chi connectivity index (χ1n) is 6.48. The highest BCUT2D eigenvalue weighted by atomic mass is 32.1. The average Bonchev–Trinajstić information content (AvgIpc) is 2.78. The van der Waals surface area contributed by atoms with Crippen molar-refractivity contribution in [2.75, 3.05) is 7.05 Å². The van der Waals surface area contributed by atoms with E-state index in [2.05, 4.69) is 4.98 Å². The van der Waals surface area contributed by atoms with Gasteiger partial charge in [-0.15, -0.1) is 11.3 Å². The van der Waals surface area contributed by atoms with Gasteiger partial charge >= 0.3 is 0 Å². The molecule has 0 bridgehead atoms. The van der Waals surface area contributed by atoms with Crippen LogP contribution in [-0.2, 0) is 13.1 Å². The van der Waals surface area contributed by atoms with Crippen molar-refractivity contribution in [1.29, 1.82) is 0 Å². The van der Waals surface area contributed by atoms with Gasteiger partial charge in [0.2, 0.25) is 0 Å². The summed E-state index contributed by atoms with van der Waals surface area (Å²) < 4.78 is 13.6. The van der Waals surface area contributed by atoms with E-state index in [0.717, 1.165) is 16.8 Å². The van der Waals surface area contributed by atoms with Crippen molar-refractivity contribution in [2.24, 2.45) is 0 Å². The molecule has 1 aromatic heterocycles. The first-order chi connectivity index (χ1) is 9.86. The summed E-state index contributed by atoms with van der Waals surface area (Å²) in [6, 6.07) is 2.32. The molecule has 0 atom stereocenters. The van der Waals surface area contributed by atoms with E-state index in [-0.39, 0.29) is 17.1 Å². The first kappa shape index (κ1) is 15.6. The molecule has 0 saturated heterocycles. The zero-order valence-corrected chi connectivity index (χ0v) is 13.0. The number of aryl methyl sites for hydroxylation is 1. The maximum absolute atomic E-state index is 13.6. The Bertz CT molecular complexity index is 670. The van der Waals surface area contributed by atoms with Gasteiger partial charge in [-0.2, -0.15) is 0 Å². The lowest BCUT2D eigenvalue weighted by molar-refractivity contribution is 0.101. The molecule has 0 saturated carbocycles. The molecule has 0 unspecified atom stereocenters. The quantitative estimate of drug-likeness (QED) is 0.862. The number of carbonyl (C=O) groups is 1. The number of aromatic hydroxyl groups is 1. The second-order valence-corrected chi connectivity index (χ2v) is 6.11. The second kappa shape index (κ2) is 6.32. The number of ketones is 1. The van der Waals surface area contributed by atoms with Crippen molar-refractivity contribution in [1.82, 2.24) is 9.88 Å². The third-order valence-corrected chi connectivity index (χ3v) is 3.89. The molecule has 0 radical (unpaired) electrons. The highest BCUT2D eigenvalue weighted by Crippen LogP contribution is 2.26. The number of carbonyl (C=O) groups excluding carboxylic acids is 1. The van der Waals surface area contributed by atoms with Crippen molar-refractivity contribution in [3.05, 3.63) is 45.2 Å². The normalized spacial score (nSPS) is 11.1. The van der Waals surface area contributed by atoms with Gasteiger partial charge in [0.15, 0.2) is 5.78 Å². The minimum atomic E-state index is -0.522. The Morgan fingerprint density at radius 3 is 2.71 bits per heavy atom. The zero-order chi connectivity index (χ0) is 15.6. The van der Waals surface area contributed by atoms with E-state index >= 15 is 0 Å². The maximum Gasteiger partial charge on any atom is 0.163 e. The molecule has 1 heterocycles. The monoisotopic (exact) mass is 308 g/mol. The van der Waals surface area contributed by atoms with Gasteiger partial charge < -0.3 is 5.11 Å². The van der Waals surface area contributed by atoms with Crippen LogP contribution in [0.25, 0.3) is 0 Å². The zero-order valence-electron chi connectivity index (χ0n) is 12.2. The van der Waals surface area contributed by atoms with Crippen LogP contribution in [0.1, 0.15) is 33.5 Å². The lowest BCUT2D eigenvalue weighted by atomic mass is 10.0. The first-order valence-corrected chi connectivity index (χ1v) is 7.36. The predicted octanol–water partition coefficient (Wildman–Crippen LogP) is 3.13. The largest absolute Gasteiger partial charge is 0.507 e. The number of benzene rings is 1. The van der Waals surface area contributed by atoms with Gasteiger partial charge in [0.1, 0.15) is 11.6 Å². The molecule has 0 spiro atoms. The number of aromatic nitrogens is 1. The number of thiazole rings is 1. The van der Waals surface area contributed by atoms with Crippen LogP contribution in [0.2, 0.25) is 0 Å². The molecule has 0 amide bonds. The number of hydrogen-bond donors (Lipinski definition) is 1. The van der Waals surface area contributed by atoms with Gasteiger partial charge in [-0.25, -0.2) is 9.37 Å². The Morgan fingerprint density at radius 2 is 2.14 bits per heavy atom. The molecule has 21 heavy (non-hydrogen) atoms. The maximum atomic E-state index is 13.6. The molecule has 0 aliphatic heterocycles.